The van der Waals surface area contributed by atoms with Crippen LogP contribution in [-0.4, -0.2) is 67.6 Å². The number of rotatable bonds is 13. The molecule has 15 heteroatoms. The van der Waals surface area contributed by atoms with E-state index < -0.39 is 45.2 Å². The van der Waals surface area contributed by atoms with Crippen LogP contribution >= 0.6 is 35.0 Å². The zero-order valence-corrected chi connectivity index (χ0v) is 26.2. The van der Waals surface area contributed by atoms with Crippen molar-refractivity contribution in [3.05, 3.63) is 70.2 Å². The Bertz CT molecular complexity index is 1600. The summed E-state index contributed by atoms with van der Waals surface area (Å²) < 4.78 is 32.2. The van der Waals surface area contributed by atoms with Gasteiger partial charge in [-0.15, -0.1) is 11.8 Å². The molecule has 0 saturated carbocycles. The Hall–Kier alpha value is -3.49. The maximum atomic E-state index is 13.3. The molecule has 0 aliphatic heterocycles. The summed E-state index contributed by atoms with van der Waals surface area (Å²) in [6.07, 6.45) is 1.78. The summed E-state index contributed by atoms with van der Waals surface area (Å²) in [5.41, 5.74) is -0.177. The predicted octanol–water partition coefficient (Wildman–Crippen LogP) is 4.35. The molecule has 43 heavy (non-hydrogen) atoms. The van der Waals surface area contributed by atoms with E-state index >= 15 is 0 Å². The Morgan fingerprint density at radius 2 is 1.67 bits per heavy atom. The van der Waals surface area contributed by atoms with Gasteiger partial charge in [-0.2, -0.15) is 0 Å². The molecule has 0 spiro atoms. The van der Waals surface area contributed by atoms with E-state index in [1.807, 2.05) is 6.26 Å². The summed E-state index contributed by atoms with van der Waals surface area (Å²) in [4.78, 5) is 39.0. The van der Waals surface area contributed by atoms with Crippen molar-refractivity contribution in [1.29, 1.82) is 0 Å². The molecule has 0 aliphatic rings. The molecule has 3 amide bonds. The van der Waals surface area contributed by atoms with Crippen LogP contribution in [0.25, 0.3) is 0 Å². The predicted molar refractivity (Wildman–Crippen MR) is 166 cm³/mol. The normalized spacial score (nSPS) is 11.8. The van der Waals surface area contributed by atoms with Crippen LogP contribution in [0.4, 0.5) is 11.4 Å². The van der Waals surface area contributed by atoms with E-state index in [-0.39, 0.29) is 57.2 Å². The lowest BCUT2D eigenvalue weighted by atomic mass is 10.2. The zero-order chi connectivity index (χ0) is 31.7. The molecule has 0 aliphatic carbocycles. The third-order valence-electron chi connectivity index (χ3n) is 6.00. The van der Waals surface area contributed by atoms with E-state index in [9.17, 15) is 27.9 Å². The highest BCUT2D eigenvalue weighted by atomic mass is 35.5. The third-order valence-corrected chi connectivity index (χ3v) is 9.71. The first-order chi connectivity index (χ1) is 20.4. The largest absolute Gasteiger partial charge is 0.506 e. The molecular weight excluding hydrogens is 641 g/mol. The van der Waals surface area contributed by atoms with Gasteiger partial charge in [-0.1, -0.05) is 30.1 Å². The number of hydrogen-bond acceptors (Lipinski definition) is 9. The van der Waals surface area contributed by atoms with Crippen LogP contribution in [-0.2, 0) is 19.4 Å². The van der Waals surface area contributed by atoms with Crippen molar-refractivity contribution in [2.24, 2.45) is 0 Å². The molecule has 11 nitrogen and oxygen atoms in total. The Morgan fingerprint density at radius 3 is 2.28 bits per heavy atom. The van der Waals surface area contributed by atoms with Gasteiger partial charge in [0.15, 0.2) is 16.4 Å². The first kappa shape index (κ1) is 34.0. The number of aliphatic hydroxyl groups excluding tert-OH is 1. The van der Waals surface area contributed by atoms with Gasteiger partial charge in [0.2, 0.25) is 5.91 Å². The fraction of sp³-hybridized carbons (Fsp3) is 0.250. The van der Waals surface area contributed by atoms with Gasteiger partial charge in [0.1, 0.15) is 16.7 Å². The summed E-state index contributed by atoms with van der Waals surface area (Å²) >= 11 is 13.3. The number of nitrogens with one attached hydrogen (secondary N) is 3. The maximum absolute atomic E-state index is 13.3. The zero-order valence-electron chi connectivity index (χ0n) is 23.0. The minimum atomic E-state index is -4.11. The van der Waals surface area contributed by atoms with Crippen LogP contribution in [0.15, 0.2) is 64.4 Å². The number of phenols is 1. The van der Waals surface area contributed by atoms with Gasteiger partial charge in [-0.3, -0.25) is 14.4 Å². The highest BCUT2D eigenvalue weighted by Crippen LogP contribution is 2.37. The number of halogens is 2. The lowest BCUT2D eigenvalue weighted by molar-refractivity contribution is -0.123. The summed E-state index contributed by atoms with van der Waals surface area (Å²) in [5.74, 6) is -2.83. The number of amides is 3. The monoisotopic (exact) mass is 669 g/mol. The van der Waals surface area contributed by atoms with Gasteiger partial charge >= 0.3 is 0 Å². The van der Waals surface area contributed by atoms with Gasteiger partial charge in [0.05, 0.1) is 32.9 Å². The number of ether oxygens (including phenoxy) is 1. The lowest BCUT2D eigenvalue weighted by Gasteiger charge is -2.19. The van der Waals surface area contributed by atoms with Crippen LogP contribution in [0.5, 0.6) is 11.5 Å². The quantitative estimate of drug-likeness (QED) is 0.131. The molecule has 0 saturated heterocycles. The molecule has 0 radical (unpaired) electrons. The van der Waals surface area contributed by atoms with Crippen molar-refractivity contribution in [2.75, 3.05) is 36.6 Å². The van der Waals surface area contributed by atoms with E-state index in [0.29, 0.717) is 0 Å². The Morgan fingerprint density at radius 1 is 0.977 bits per heavy atom. The van der Waals surface area contributed by atoms with Crippen LogP contribution < -0.4 is 20.7 Å². The smallest absolute Gasteiger partial charge is 0.258 e. The Kier molecular flexibility index (Phi) is 12.1. The van der Waals surface area contributed by atoms with Crippen LogP contribution in [0.2, 0.25) is 10.0 Å². The number of carbonyl (C=O) groups is 3. The summed E-state index contributed by atoms with van der Waals surface area (Å²) in [7, 11) is -4.11. The summed E-state index contributed by atoms with van der Waals surface area (Å²) in [6.45, 7) is 0.648. The topological polar surface area (TPSA) is 171 Å². The summed E-state index contributed by atoms with van der Waals surface area (Å²) in [5, 5.41) is 25.9. The number of thioether (sulfide) groups is 1. The van der Waals surface area contributed by atoms with E-state index in [4.69, 9.17) is 33.0 Å². The molecule has 0 aromatic heterocycles. The van der Waals surface area contributed by atoms with E-state index in [0.717, 1.165) is 17.0 Å². The number of aromatic hydroxyl groups is 1. The second-order valence-electron chi connectivity index (χ2n) is 8.92. The average molecular weight is 671 g/mol. The van der Waals surface area contributed by atoms with Crippen LogP contribution in [0, 0.1) is 0 Å². The number of sulfone groups is 1. The SMILES string of the molecule is CCC(C(=O)Nc1cc(O)c(NC(=O)c2ccc(Cl)c(Cl)c2)cc1OCC(=O)NCCO)S(=O)(=O)c1ccc(SC)cc1. The molecule has 230 valence electrons. The number of anilines is 2. The molecule has 1 unspecified atom stereocenters. The fourth-order valence-corrected chi connectivity index (χ4v) is 6.13. The molecule has 0 bridgehead atoms. The van der Waals surface area contributed by atoms with Crippen LogP contribution in [0.3, 0.4) is 0 Å². The van der Waals surface area contributed by atoms with Crippen molar-refractivity contribution >= 4 is 73.9 Å². The number of phenolic OH excluding ortho intramolecular Hbond substituents is 1. The van der Waals surface area contributed by atoms with Crippen molar-refractivity contribution < 1.29 is 37.8 Å². The highest BCUT2D eigenvalue weighted by molar-refractivity contribution is 7.98. The Balaban J connectivity index is 1.92. The van der Waals surface area contributed by atoms with Gasteiger partial charge in [0, 0.05) is 29.1 Å². The maximum Gasteiger partial charge on any atom is 0.258 e. The standard InChI is InChI=1S/C28H29Cl2N3O8S2/c1-3-25(43(39,40)18-7-5-17(42-2)6-8-18)28(38)33-22-13-23(35)21(14-24(22)41-15-26(36)31-10-11-34)32-27(37)16-4-9-19(29)20(30)12-16/h4-9,12-14,25,34-35H,3,10-11,15H2,1-2H3,(H,31,36)(H,32,37)(H,33,38). The molecular formula is C28H29Cl2N3O8S2. The van der Waals surface area contributed by atoms with Crippen LogP contribution in [0.1, 0.15) is 23.7 Å². The number of benzene rings is 3. The third kappa shape index (κ3) is 8.77. The van der Waals surface area contributed by atoms with Gasteiger partial charge in [-0.25, -0.2) is 8.42 Å². The minimum Gasteiger partial charge on any atom is -0.506 e. The molecule has 1 atom stereocenters. The first-order valence-electron chi connectivity index (χ1n) is 12.7. The molecule has 0 heterocycles. The van der Waals surface area contributed by atoms with Crippen molar-refractivity contribution in [1.82, 2.24) is 5.32 Å². The lowest BCUT2D eigenvalue weighted by Crippen LogP contribution is -2.35. The molecule has 3 aromatic rings. The number of carbonyl (C=O) groups excluding carboxylic acids is 3. The Labute approximate surface area is 262 Å². The van der Waals surface area contributed by atoms with Crippen molar-refractivity contribution in [2.45, 2.75) is 28.4 Å². The second-order valence-corrected chi connectivity index (χ2v) is 12.7. The first-order valence-corrected chi connectivity index (χ1v) is 16.3. The molecule has 3 rings (SSSR count). The number of hydrogen-bond donors (Lipinski definition) is 5. The van der Waals surface area contributed by atoms with Crippen molar-refractivity contribution in [3.8, 4) is 11.5 Å². The van der Waals surface area contributed by atoms with Gasteiger partial charge in [-0.05, 0) is 55.1 Å². The minimum absolute atomic E-state index is 0.0275. The van der Waals surface area contributed by atoms with Gasteiger partial charge < -0.3 is 30.9 Å². The number of aliphatic hydroxyl groups is 1. The summed E-state index contributed by atoms with van der Waals surface area (Å²) in [6, 6.07) is 12.5. The van der Waals surface area contributed by atoms with Crippen molar-refractivity contribution in [3.63, 3.8) is 0 Å². The van der Waals surface area contributed by atoms with Gasteiger partial charge in [0.25, 0.3) is 11.8 Å². The fourth-order valence-electron chi connectivity index (χ4n) is 3.80. The second kappa shape index (κ2) is 15.3. The molecule has 3 aromatic carbocycles. The molecule has 5 N–H and O–H groups in total. The van der Waals surface area contributed by atoms with E-state index in [1.54, 1.807) is 19.1 Å². The highest BCUT2D eigenvalue weighted by Gasteiger charge is 2.33. The molecule has 0 fully saturated rings. The van der Waals surface area contributed by atoms with E-state index in [2.05, 4.69) is 16.0 Å². The average Bonchev–Trinajstić information content (AvgIpc) is 2.98. The van der Waals surface area contributed by atoms with E-state index in [1.165, 1.54) is 42.1 Å².